The number of nitrogens with zero attached hydrogens (tertiary/aromatic N) is 1. The maximum Gasteiger partial charge on any atom is 0.0941 e. The Hall–Kier alpha value is -0.410. The molecule has 0 aliphatic carbocycles. The van der Waals surface area contributed by atoms with Crippen LogP contribution in [0.4, 0.5) is 0 Å². The van der Waals surface area contributed by atoms with E-state index < -0.39 is 0 Å². The summed E-state index contributed by atoms with van der Waals surface area (Å²) in [6.07, 6.45) is 1.07. The van der Waals surface area contributed by atoms with Gasteiger partial charge in [-0.25, -0.2) is 4.98 Å². The van der Waals surface area contributed by atoms with Gasteiger partial charge in [-0.2, -0.15) is 0 Å². The highest BCUT2D eigenvalue weighted by Gasteiger charge is 2.20. The van der Waals surface area contributed by atoms with Gasteiger partial charge in [0, 0.05) is 11.2 Å². The normalized spacial score (nSPS) is 15.4. The molecule has 1 nitrogen and oxygen atoms in total. The first-order valence-electron chi connectivity index (χ1n) is 6.06. The summed E-state index contributed by atoms with van der Waals surface area (Å²) in [4.78, 5) is 5.25. The van der Waals surface area contributed by atoms with Crippen molar-refractivity contribution in [2.45, 2.75) is 32.0 Å². The summed E-state index contributed by atoms with van der Waals surface area (Å²) >= 11 is 5.55. The van der Waals surface area contributed by atoms with E-state index in [4.69, 9.17) is 4.98 Å². The average Bonchev–Trinajstić information content (AvgIpc) is 2.67. The molecule has 0 aliphatic rings. The first kappa shape index (κ1) is 13.0. The van der Waals surface area contributed by atoms with E-state index in [0.717, 1.165) is 11.9 Å². The van der Waals surface area contributed by atoms with Gasteiger partial charge in [-0.3, -0.25) is 0 Å². The Kier molecular flexibility index (Phi) is 4.21. The van der Waals surface area contributed by atoms with Crippen LogP contribution in [0.1, 0.15) is 25.8 Å². The smallest absolute Gasteiger partial charge is 0.0941 e. The number of thiazole rings is 1. The third-order valence-corrected chi connectivity index (χ3v) is 4.93. The van der Waals surface area contributed by atoms with Crippen LogP contribution >= 0.6 is 27.3 Å². The number of halogens is 1. The fourth-order valence-electron chi connectivity index (χ4n) is 2.14. The topological polar surface area (TPSA) is 12.9 Å². The number of rotatable bonds is 4. The van der Waals surface area contributed by atoms with Crippen LogP contribution in [0.25, 0.3) is 10.2 Å². The van der Waals surface area contributed by atoms with E-state index in [2.05, 4.69) is 61.0 Å². The van der Waals surface area contributed by atoms with Crippen molar-refractivity contribution in [2.24, 2.45) is 11.8 Å². The first-order chi connectivity index (χ1) is 8.08. The van der Waals surface area contributed by atoms with Crippen LogP contribution in [0, 0.1) is 11.8 Å². The summed E-state index contributed by atoms with van der Waals surface area (Å²) in [5.41, 5.74) is 1.14. The molecule has 0 saturated heterocycles. The lowest BCUT2D eigenvalue weighted by atomic mass is 9.90. The largest absolute Gasteiger partial charge is 0.241 e. The quantitative estimate of drug-likeness (QED) is 0.732. The van der Waals surface area contributed by atoms with E-state index in [0.29, 0.717) is 16.7 Å². The van der Waals surface area contributed by atoms with E-state index in [1.165, 1.54) is 9.71 Å². The van der Waals surface area contributed by atoms with E-state index in [-0.39, 0.29) is 0 Å². The van der Waals surface area contributed by atoms with Crippen molar-refractivity contribution in [1.82, 2.24) is 4.98 Å². The summed E-state index contributed by atoms with van der Waals surface area (Å²) in [6, 6.07) is 8.38. The van der Waals surface area contributed by atoms with Gasteiger partial charge in [-0.1, -0.05) is 48.8 Å². The summed E-state index contributed by atoms with van der Waals surface area (Å²) < 4.78 is 1.30. The third kappa shape index (κ3) is 3.08. The van der Waals surface area contributed by atoms with Gasteiger partial charge in [0.05, 0.1) is 15.2 Å². The summed E-state index contributed by atoms with van der Waals surface area (Å²) in [5, 5.41) is 1.26. The Bertz CT molecular complexity index is 449. The van der Waals surface area contributed by atoms with Gasteiger partial charge < -0.3 is 0 Å². The molecular formula is C14H18BrNS. The summed E-state index contributed by atoms with van der Waals surface area (Å²) in [6.45, 7) is 6.81. The van der Waals surface area contributed by atoms with Crippen molar-refractivity contribution < 1.29 is 0 Å². The van der Waals surface area contributed by atoms with Crippen LogP contribution in [0.2, 0.25) is 0 Å². The lowest BCUT2D eigenvalue weighted by Gasteiger charge is -2.22. The maximum atomic E-state index is 4.72. The highest BCUT2D eigenvalue weighted by molar-refractivity contribution is 9.09. The van der Waals surface area contributed by atoms with E-state index in [9.17, 15) is 0 Å². The minimum absolute atomic E-state index is 0.537. The molecule has 1 heterocycles. The minimum Gasteiger partial charge on any atom is -0.241 e. The molecule has 2 aromatic rings. The Morgan fingerprint density at radius 1 is 1.24 bits per heavy atom. The average molecular weight is 312 g/mol. The van der Waals surface area contributed by atoms with Gasteiger partial charge in [0.15, 0.2) is 0 Å². The van der Waals surface area contributed by atoms with Crippen molar-refractivity contribution >= 4 is 37.5 Å². The molecule has 0 fully saturated rings. The van der Waals surface area contributed by atoms with Crippen molar-refractivity contribution in [3.63, 3.8) is 0 Å². The number of hydrogen-bond acceptors (Lipinski definition) is 2. The fourth-order valence-corrected chi connectivity index (χ4v) is 3.97. The number of benzene rings is 1. The van der Waals surface area contributed by atoms with Crippen LogP contribution in [-0.2, 0) is 6.42 Å². The summed E-state index contributed by atoms with van der Waals surface area (Å²) in [7, 11) is 0. The Morgan fingerprint density at radius 3 is 2.53 bits per heavy atom. The van der Waals surface area contributed by atoms with Crippen LogP contribution in [0.5, 0.6) is 0 Å². The molecule has 2 unspecified atom stereocenters. The molecule has 1 aromatic heterocycles. The highest BCUT2D eigenvalue weighted by atomic mass is 79.9. The van der Waals surface area contributed by atoms with Gasteiger partial charge in [-0.05, 0) is 24.0 Å². The number of fused-ring (bicyclic) bond motifs is 1. The molecule has 0 bridgehead atoms. The molecule has 1 aromatic carbocycles. The van der Waals surface area contributed by atoms with Crippen LogP contribution in [0.3, 0.4) is 0 Å². The number of hydrogen-bond donors (Lipinski definition) is 0. The zero-order valence-corrected chi connectivity index (χ0v) is 12.9. The molecule has 3 heteroatoms. The number of alkyl halides is 1. The molecule has 0 spiro atoms. The lowest BCUT2D eigenvalue weighted by molar-refractivity contribution is 0.383. The molecule has 2 rings (SSSR count). The van der Waals surface area contributed by atoms with Crippen molar-refractivity contribution in [2.75, 3.05) is 0 Å². The third-order valence-electron chi connectivity index (χ3n) is 3.19. The Balaban J connectivity index is 2.22. The minimum atomic E-state index is 0.537. The number of para-hydroxylation sites is 1. The number of aromatic nitrogens is 1. The molecule has 92 valence electrons. The van der Waals surface area contributed by atoms with E-state index in [1.54, 1.807) is 0 Å². The lowest BCUT2D eigenvalue weighted by Crippen LogP contribution is -2.20. The SMILES string of the molecule is CC(C)C(Cc1nc2ccccc2s1)C(C)Br. The molecule has 17 heavy (non-hydrogen) atoms. The second-order valence-corrected chi connectivity index (χ2v) is 7.42. The fraction of sp³-hybridized carbons (Fsp3) is 0.500. The van der Waals surface area contributed by atoms with Crippen LogP contribution in [-0.4, -0.2) is 9.81 Å². The molecule has 0 saturated carbocycles. The molecule has 0 N–H and O–H groups in total. The van der Waals surface area contributed by atoms with Gasteiger partial charge in [0.25, 0.3) is 0 Å². The molecule has 2 atom stereocenters. The molecule has 0 radical (unpaired) electrons. The van der Waals surface area contributed by atoms with Crippen molar-refractivity contribution in [3.8, 4) is 0 Å². The van der Waals surface area contributed by atoms with Crippen molar-refractivity contribution in [3.05, 3.63) is 29.3 Å². The standard InChI is InChI=1S/C14H18BrNS/c1-9(2)11(10(3)15)8-14-16-12-6-4-5-7-13(12)17-14/h4-7,9-11H,8H2,1-3H3. The van der Waals surface area contributed by atoms with E-state index in [1.807, 2.05) is 11.3 Å². The molecule has 0 amide bonds. The van der Waals surface area contributed by atoms with Gasteiger partial charge in [0.1, 0.15) is 0 Å². The monoisotopic (exact) mass is 311 g/mol. The zero-order chi connectivity index (χ0) is 12.4. The van der Waals surface area contributed by atoms with Crippen molar-refractivity contribution in [1.29, 1.82) is 0 Å². The van der Waals surface area contributed by atoms with Crippen LogP contribution < -0.4 is 0 Å². The van der Waals surface area contributed by atoms with Gasteiger partial charge in [0.2, 0.25) is 0 Å². The maximum absolute atomic E-state index is 4.72. The van der Waals surface area contributed by atoms with Gasteiger partial charge in [-0.15, -0.1) is 11.3 Å². The van der Waals surface area contributed by atoms with Crippen LogP contribution in [0.15, 0.2) is 24.3 Å². The first-order valence-corrected chi connectivity index (χ1v) is 7.79. The zero-order valence-electron chi connectivity index (χ0n) is 10.5. The second kappa shape index (κ2) is 5.49. The summed E-state index contributed by atoms with van der Waals surface area (Å²) in [5.74, 6) is 1.33. The predicted octanol–water partition coefficient (Wildman–Crippen LogP) is 4.89. The highest BCUT2D eigenvalue weighted by Crippen LogP contribution is 2.29. The Labute approximate surface area is 115 Å². The van der Waals surface area contributed by atoms with Gasteiger partial charge >= 0.3 is 0 Å². The molecular weight excluding hydrogens is 294 g/mol. The predicted molar refractivity (Wildman–Crippen MR) is 80.0 cm³/mol. The van der Waals surface area contributed by atoms with E-state index >= 15 is 0 Å². The second-order valence-electron chi connectivity index (χ2n) is 4.86. The Morgan fingerprint density at radius 2 is 1.94 bits per heavy atom. The molecule has 0 aliphatic heterocycles.